The van der Waals surface area contributed by atoms with Crippen molar-refractivity contribution in [1.29, 1.82) is 0 Å². The van der Waals surface area contributed by atoms with Crippen LogP contribution in [0.25, 0.3) is 11.0 Å². The first-order valence-electron chi connectivity index (χ1n) is 4.31. The van der Waals surface area contributed by atoms with Gasteiger partial charge in [-0.05, 0) is 30.7 Å². The van der Waals surface area contributed by atoms with Gasteiger partial charge in [0, 0.05) is 0 Å². The van der Waals surface area contributed by atoms with Crippen LogP contribution in [0.3, 0.4) is 0 Å². The Morgan fingerprint density at radius 1 is 1.40 bits per heavy atom. The van der Waals surface area contributed by atoms with Crippen molar-refractivity contribution in [2.24, 2.45) is 0 Å². The van der Waals surface area contributed by atoms with Crippen LogP contribution in [0.1, 0.15) is 15.9 Å². The molecule has 15 heavy (non-hydrogen) atoms. The van der Waals surface area contributed by atoms with Gasteiger partial charge in [-0.3, -0.25) is 9.59 Å². The molecule has 0 N–H and O–H groups in total. The number of aryl methyl sites for hydroxylation is 1. The maximum atomic E-state index is 11.8. The molecule has 0 saturated carbocycles. The minimum Gasteiger partial charge on any atom is -0.463 e. The lowest BCUT2D eigenvalue weighted by molar-refractivity contribution is 0.107. The van der Waals surface area contributed by atoms with E-state index in [1.807, 2.05) is 13.0 Å². The quantitative estimate of drug-likeness (QED) is 0.697. The molecule has 0 fully saturated rings. The molecule has 0 aliphatic rings. The Balaban J connectivity index is 2.89. The molecule has 3 nitrogen and oxygen atoms in total. The zero-order chi connectivity index (χ0) is 11.0. The Morgan fingerprint density at radius 2 is 2.13 bits per heavy atom. The van der Waals surface area contributed by atoms with Crippen molar-refractivity contribution in [2.75, 3.05) is 0 Å². The second kappa shape index (κ2) is 3.51. The fourth-order valence-electron chi connectivity index (χ4n) is 1.38. The number of hydrogen-bond donors (Lipinski definition) is 0. The molecule has 0 aliphatic heterocycles. The molecular weight excluding hydrogens is 216 g/mol. The predicted molar refractivity (Wildman–Crippen MR) is 57.4 cm³/mol. The van der Waals surface area contributed by atoms with Crippen LogP contribution in [0.2, 0.25) is 0 Å². The van der Waals surface area contributed by atoms with E-state index in [4.69, 9.17) is 16.0 Å². The van der Waals surface area contributed by atoms with Gasteiger partial charge in [0.05, 0.1) is 5.39 Å². The molecule has 0 radical (unpaired) electrons. The number of hydrogen-bond acceptors (Lipinski definition) is 3. The molecule has 0 atom stereocenters. The van der Waals surface area contributed by atoms with Gasteiger partial charge in [0.15, 0.2) is 0 Å². The van der Waals surface area contributed by atoms with Gasteiger partial charge >= 0.3 is 0 Å². The van der Waals surface area contributed by atoms with Crippen LogP contribution < -0.4 is 5.43 Å². The molecule has 0 amide bonds. The van der Waals surface area contributed by atoms with Crippen LogP contribution in [0.15, 0.2) is 33.7 Å². The van der Waals surface area contributed by atoms with E-state index >= 15 is 0 Å². The molecule has 76 valence electrons. The zero-order valence-electron chi connectivity index (χ0n) is 7.91. The fraction of sp³-hybridized carbons (Fsp3) is 0.0909. The smallest absolute Gasteiger partial charge is 0.259 e. The number of fused-ring (bicyclic) bond motifs is 1. The summed E-state index contributed by atoms with van der Waals surface area (Å²) in [6, 6.07) is 5.19. The summed E-state index contributed by atoms with van der Waals surface area (Å²) in [7, 11) is 0. The van der Waals surface area contributed by atoms with Gasteiger partial charge < -0.3 is 4.42 Å². The van der Waals surface area contributed by atoms with E-state index in [1.165, 1.54) is 0 Å². The summed E-state index contributed by atoms with van der Waals surface area (Å²) < 4.78 is 5.13. The first-order chi connectivity index (χ1) is 7.09. The van der Waals surface area contributed by atoms with E-state index in [9.17, 15) is 9.59 Å². The minimum absolute atomic E-state index is 0.130. The highest BCUT2D eigenvalue weighted by molar-refractivity contribution is 6.67. The number of carbonyl (C=O) groups is 1. The van der Waals surface area contributed by atoms with Gasteiger partial charge in [-0.15, -0.1) is 0 Å². The lowest BCUT2D eigenvalue weighted by Crippen LogP contribution is -2.11. The van der Waals surface area contributed by atoms with Crippen LogP contribution in [-0.4, -0.2) is 5.24 Å². The zero-order valence-corrected chi connectivity index (χ0v) is 8.67. The van der Waals surface area contributed by atoms with Crippen LogP contribution in [-0.2, 0) is 0 Å². The molecule has 1 aromatic heterocycles. The third-order valence-corrected chi connectivity index (χ3v) is 2.34. The van der Waals surface area contributed by atoms with Gasteiger partial charge in [-0.2, -0.15) is 0 Å². The van der Waals surface area contributed by atoms with Crippen LogP contribution in [0, 0.1) is 6.92 Å². The number of benzene rings is 1. The summed E-state index contributed by atoms with van der Waals surface area (Å²) in [5.74, 6) is 0. The van der Waals surface area contributed by atoms with Gasteiger partial charge in [0.25, 0.3) is 5.24 Å². The van der Waals surface area contributed by atoms with Gasteiger partial charge in [0.1, 0.15) is 17.4 Å². The van der Waals surface area contributed by atoms with Crippen molar-refractivity contribution in [3.63, 3.8) is 0 Å². The Hall–Kier alpha value is -1.61. The molecule has 1 aromatic carbocycles. The summed E-state index contributed by atoms with van der Waals surface area (Å²) in [5, 5.41) is -0.423. The van der Waals surface area contributed by atoms with Gasteiger partial charge in [-0.25, -0.2) is 0 Å². The largest absolute Gasteiger partial charge is 0.463 e. The number of rotatable bonds is 1. The van der Waals surface area contributed by atoms with Gasteiger partial charge in [0.2, 0.25) is 5.43 Å². The minimum atomic E-state index is -0.799. The number of carbonyl (C=O) groups excluding carboxylic acids is 1. The summed E-state index contributed by atoms with van der Waals surface area (Å²) in [5.41, 5.74) is 0.857. The highest BCUT2D eigenvalue weighted by atomic mass is 35.5. The fourth-order valence-corrected chi connectivity index (χ4v) is 1.51. The van der Waals surface area contributed by atoms with E-state index in [-0.39, 0.29) is 11.0 Å². The molecule has 0 saturated heterocycles. The van der Waals surface area contributed by atoms with Crippen LogP contribution in [0.4, 0.5) is 0 Å². The second-order valence-electron chi connectivity index (χ2n) is 3.25. The second-order valence-corrected chi connectivity index (χ2v) is 3.60. The molecule has 0 unspecified atom stereocenters. The van der Waals surface area contributed by atoms with Crippen molar-refractivity contribution >= 4 is 27.8 Å². The van der Waals surface area contributed by atoms with Gasteiger partial charge in [-0.1, -0.05) is 11.6 Å². The lowest BCUT2D eigenvalue weighted by atomic mass is 10.1. The summed E-state index contributed by atoms with van der Waals surface area (Å²) in [6.45, 7) is 1.86. The molecule has 2 aromatic rings. The van der Waals surface area contributed by atoms with E-state index in [1.54, 1.807) is 12.1 Å². The molecule has 0 aliphatic carbocycles. The first-order valence-corrected chi connectivity index (χ1v) is 4.69. The molecule has 0 spiro atoms. The lowest BCUT2D eigenvalue weighted by Gasteiger charge is -1.99. The highest BCUT2D eigenvalue weighted by Gasteiger charge is 2.11. The van der Waals surface area contributed by atoms with Crippen LogP contribution >= 0.6 is 11.6 Å². The molecular formula is C11H7ClO3. The van der Waals surface area contributed by atoms with E-state index < -0.39 is 5.24 Å². The van der Waals surface area contributed by atoms with Crippen molar-refractivity contribution < 1.29 is 9.21 Å². The van der Waals surface area contributed by atoms with E-state index in [0.29, 0.717) is 11.0 Å². The van der Waals surface area contributed by atoms with Crippen molar-refractivity contribution in [3.8, 4) is 0 Å². The van der Waals surface area contributed by atoms with Crippen LogP contribution in [0.5, 0.6) is 0 Å². The van der Waals surface area contributed by atoms with E-state index in [0.717, 1.165) is 11.8 Å². The third-order valence-electron chi connectivity index (χ3n) is 2.14. The molecule has 4 heteroatoms. The Morgan fingerprint density at radius 3 is 2.80 bits per heavy atom. The summed E-state index contributed by atoms with van der Waals surface area (Å²) in [4.78, 5) is 22.7. The average Bonchev–Trinajstić information content (AvgIpc) is 2.19. The average molecular weight is 223 g/mol. The third kappa shape index (κ3) is 1.66. The van der Waals surface area contributed by atoms with E-state index in [2.05, 4.69) is 0 Å². The topological polar surface area (TPSA) is 47.3 Å². The SMILES string of the molecule is Cc1ccc2occ(C(=O)Cl)c(=O)c2c1. The first kappa shape index (κ1) is 9.93. The normalized spacial score (nSPS) is 10.5. The maximum Gasteiger partial charge on any atom is 0.259 e. The standard InChI is InChI=1S/C11H7ClO3/c1-6-2-3-9-7(4-6)10(13)8(5-15-9)11(12)14/h2-5H,1H3. The maximum absolute atomic E-state index is 11.8. The van der Waals surface area contributed by atoms with Crippen molar-refractivity contribution in [2.45, 2.75) is 6.92 Å². The monoisotopic (exact) mass is 222 g/mol. The molecule has 2 rings (SSSR count). The molecule has 1 heterocycles. The Bertz CT molecular complexity index is 598. The summed E-state index contributed by atoms with van der Waals surface area (Å²) >= 11 is 5.25. The molecule has 0 bridgehead atoms. The Kier molecular flexibility index (Phi) is 2.32. The highest BCUT2D eigenvalue weighted by Crippen LogP contribution is 2.13. The summed E-state index contributed by atoms with van der Waals surface area (Å²) in [6.07, 6.45) is 1.09. The van der Waals surface area contributed by atoms with Crippen molar-refractivity contribution in [1.82, 2.24) is 0 Å². The Labute approximate surface area is 90.3 Å². The number of halogens is 1. The van der Waals surface area contributed by atoms with Crippen molar-refractivity contribution in [3.05, 3.63) is 45.8 Å². The predicted octanol–water partition coefficient (Wildman–Crippen LogP) is 2.48.